The van der Waals surface area contributed by atoms with Crippen molar-refractivity contribution in [1.29, 1.82) is 0 Å². The van der Waals surface area contributed by atoms with Gasteiger partial charge in [0.15, 0.2) is 0 Å². The Morgan fingerprint density at radius 2 is 1.91 bits per heavy atom. The molecule has 35 heavy (non-hydrogen) atoms. The molecule has 0 spiro atoms. The molecule has 4 heterocycles. The number of aromatic nitrogens is 2. The molecule has 2 aromatic carbocycles. The highest BCUT2D eigenvalue weighted by Gasteiger charge is 2.39. The van der Waals surface area contributed by atoms with Crippen molar-refractivity contribution in [2.45, 2.75) is 31.8 Å². The van der Waals surface area contributed by atoms with Crippen molar-refractivity contribution in [1.82, 2.24) is 20.0 Å². The maximum Gasteiger partial charge on any atom is 0.326 e. The van der Waals surface area contributed by atoms with E-state index in [1.165, 1.54) is 4.90 Å². The summed E-state index contributed by atoms with van der Waals surface area (Å²) in [5, 5.41) is 9.56. The largest absolute Gasteiger partial charge is 0.326 e. The summed E-state index contributed by atoms with van der Waals surface area (Å²) >= 11 is 0. The number of fused-ring (bicyclic) bond motifs is 2. The molecule has 5 amide bonds. The average Bonchev–Trinajstić information content (AvgIpc) is 3.58. The molecule has 0 aliphatic carbocycles. The average molecular weight is 470 g/mol. The van der Waals surface area contributed by atoms with Crippen molar-refractivity contribution in [2.75, 3.05) is 16.8 Å². The number of hydrogen-bond donors (Lipinski definition) is 2. The Morgan fingerprint density at radius 1 is 1.06 bits per heavy atom. The van der Waals surface area contributed by atoms with Crippen LogP contribution in [-0.4, -0.2) is 51.0 Å². The van der Waals surface area contributed by atoms with Gasteiger partial charge in [0.05, 0.1) is 11.4 Å². The van der Waals surface area contributed by atoms with Crippen molar-refractivity contribution < 1.29 is 19.2 Å². The third kappa shape index (κ3) is 3.54. The molecule has 1 saturated heterocycles. The van der Waals surface area contributed by atoms with E-state index >= 15 is 0 Å². The number of carbonyl (C=O) groups excluding carboxylic acids is 4. The molecule has 0 radical (unpaired) electrons. The van der Waals surface area contributed by atoms with Crippen LogP contribution in [0.15, 0.2) is 54.9 Å². The van der Waals surface area contributed by atoms with Crippen LogP contribution in [0.3, 0.4) is 0 Å². The third-order valence-electron chi connectivity index (χ3n) is 6.77. The molecule has 1 aromatic heterocycles. The van der Waals surface area contributed by atoms with Crippen molar-refractivity contribution in [3.8, 4) is 5.69 Å². The van der Waals surface area contributed by atoms with Crippen molar-refractivity contribution in [3.05, 3.63) is 71.5 Å². The maximum atomic E-state index is 13.2. The van der Waals surface area contributed by atoms with Crippen LogP contribution in [0.4, 0.5) is 16.2 Å². The Balaban J connectivity index is 1.19. The van der Waals surface area contributed by atoms with Gasteiger partial charge in [-0.15, -0.1) is 0 Å². The Kier molecular flexibility index (Phi) is 4.87. The minimum atomic E-state index is -0.671. The molecule has 3 aromatic rings. The molecule has 0 saturated carbocycles. The van der Waals surface area contributed by atoms with Crippen molar-refractivity contribution in [3.63, 3.8) is 0 Å². The van der Waals surface area contributed by atoms with Crippen LogP contribution in [-0.2, 0) is 22.6 Å². The number of anilines is 2. The van der Waals surface area contributed by atoms with E-state index in [1.807, 2.05) is 30.5 Å². The van der Waals surface area contributed by atoms with Crippen LogP contribution in [0.5, 0.6) is 0 Å². The highest BCUT2D eigenvalue weighted by atomic mass is 16.2. The first-order valence-corrected chi connectivity index (χ1v) is 11.5. The standard InChI is InChI=1S/C25H22N6O4/c32-22-8-7-21(23(33)28-22)30-14-15-13-16(5-6-17(15)24(30)34)27-25(35)29-12-9-18-19(29)3-1-4-20(18)31-11-2-10-26-31/h1-6,10-11,13,21H,7-9,12,14H2,(H,27,35)(H,28,32,33). The van der Waals surface area contributed by atoms with E-state index in [4.69, 9.17) is 0 Å². The van der Waals surface area contributed by atoms with E-state index in [1.54, 1.807) is 34.0 Å². The van der Waals surface area contributed by atoms with Gasteiger partial charge in [0.2, 0.25) is 11.8 Å². The molecule has 1 fully saturated rings. The maximum absolute atomic E-state index is 13.2. The quantitative estimate of drug-likeness (QED) is 0.570. The number of piperidine rings is 1. The zero-order chi connectivity index (χ0) is 24.1. The number of nitrogens with one attached hydrogen (secondary N) is 2. The Morgan fingerprint density at radius 3 is 2.71 bits per heavy atom. The van der Waals surface area contributed by atoms with Crippen LogP contribution < -0.4 is 15.5 Å². The lowest BCUT2D eigenvalue weighted by Crippen LogP contribution is -2.52. The van der Waals surface area contributed by atoms with Gasteiger partial charge in [-0.25, -0.2) is 9.48 Å². The summed E-state index contributed by atoms with van der Waals surface area (Å²) in [6, 6.07) is 11.9. The number of urea groups is 1. The lowest BCUT2D eigenvalue weighted by Gasteiger charge is -2.29. The topological polar surface area (TPSA) is 117 Å². The van der Waals surface area contributed by atoms with Crippen LogP contribution in [0.1, 0.15) is 34.3 Å². The fourth-order valence-corrected chi connectivity index (χ4v) is 5.10. The fraction of sp³-hybridized carbons (Fsp3) is 0.240. The van der Waals surface area contributed by atoms with Crippen LogP contribution in [0, 0.1) is 0 Å². The van der Waals surface area contributed by atoms with Crippen LogP contribution in [0.25, 0.3) is 5.69 Å². The predicted octanol–water partition coefficient (Wildman–Crippen LogP) is 2.23. The van der Waals surface area contributed by atoms with Gasteiger partial charge in [-0.3, -0.25) is 24.6 Å². The lowest BCUT2D eigenvalue weighted by atomic mass is 10.0. The van der Waals surface area contributed by atoms with E-state index < -0.39 is 11.9 Å². The monoisotopic (exact) mass is 470 g/mol. The van der Waals surface area contributed by atoms with Gasteiger partial charge in [-0.05, 0) is 54.8 Å². The molecule has 10 heteroatoms. The molecule has 176 valence electrons. The van der Waals surface area contributed by atoms with E-state index in [2.05, 4.69) is 15.7 Å². The second-order valence-electron chi connectivity index (χ2n) is 8.83. The lowest BCUT2D eigenvalue weighted by molar-refractivity contribution is -0.136. The van der Waals surface area contributed by atoms with Gasteiger partial charge >= 0.3 is 6.03 Å². The molecular formula is C25H22N6O4. The van der Waals surface area contributed by atoms with Crippen molar-refractivity contribution >= 4 is 35.1 Å². The zero-order valence-electron chi connectivity index (χ0n) is 18.7. The summed E-state index contributed by atoms with van der Waals surface area (Å²) in [5.74, 6) is -1.01. The molecule has 10 nitrogen and oxygen atoms in total. The summed E-state index contributed by atoms with van der Waals surface area (Å²) in [4.78, 5) is 53.0. The van der Waals surface area contributed by atoms with Gasteiger partial charge in [0.25, 0.3) is 5.91 Å². The molecular weight excluding hydrogens is 448 g/mol. The number of nitrogens with zero attached hydrogens (tertiary/aromatic N) is 4. The SMILES string of the molecule is O=C1CCC(N2Cc3cc(NC(=O)N4CCc5c4cccc5-n4cccn4)ccc3C2=O)C(=O)N1. The number of rotatable bonds is 3. The highest BCUT2D eigenvalue weighted by Crippen LogP contribution is 2.34. The fourth-order valence-electron chi connectivity index (χ4n) is 5.10. The zero-order valence-corrected chi connectivity index (χ0v) is 18.7. The first-order valence-electron chi connectivity index (χ1n) is 11.5. The van der Waals surface area contributed by atoms with Crippen LogP contribution >= 0.6 is 0 Å². The van der Waals surface area contributed by atoms with Crippen LogP contribution in [0.2, 0.25) is 0 Å². The van der Waals surface area contributed by atoms with Gasteiger partial charge in [-0.1, -0.05) is 6.07 Å². The summed E-state index contributed by atoms with van der Waals surface area (Å²) in [6.45, 7) is 0.802. The van der Waals surface area contributed by atoms with Gasteiger partial charge in [0, 0.05) is 48.7 Å². The van der Waals surface area contributed by atoms with E-state index in [-0.39, 0.29) is 30.8 Å². The molecule has 1 unspecified atom stereocenters. The van der Waals surface area contributed by atoms with E-state index in [9.17, 15) is 19.2 Å². The normalized spacial score (nSPS) is 19.0. The number of carbonyl (C=O) groups is 4. The number of hydrogen-bond acceptors (Lipinski definition) is 5. The Bertz CT molecular complexity index is 1380. The third-order valence-corrected chi connectivity index (χ3v) is 6.77. The molecule has 2 N–H and O–H groups in total. The molecule has 1 atom stereocenters. The van der Waals surface area contributed by atoms with Crippen molar-refractivity contribution in [2.24, 2.45) is 0 Å². The van der Waals surface area contributed by atoms with E-state index in [0.717, 1.165) is 28.9 Å². The second kappa shape index (κ2) is 8.08. The Hall–Kier alpha value is -4.47. The minimum Gasteiger partial charge on any atom is -0.322 e. The number of imide groups is 1. The summed E-state index contributed by atoms with van der Waals surface area (Å²) in [6.07, 6.45) is 4.83. The van der Waals surface area contributed by atoms with E-state index in [0.29, 0.717) is 24.2 Å². The second-order valence-corrected chi connectivity index (χ2v) is 8.83. The minimum absolute atomic E-state index is 0.206. The Labute approximate surface area is 200 Å². The first kappa shape index (κ1) is 21.1. The number of benzene rings is 2. The summed E-state index contributed by atoms with van der Waals surface area (Å²) < 4.78 is 1.80. The number of amides is 5. The molecule has 0 bridgehead atoms. The summed E-state index contributed by atoms with van der Waals surface area (Å²) in [7, 11) is 0. The first-order chi connectivity index (χ1) is 17.0. The van der Waals surface area contributed by atoms with Gasteiger partial charge in [-0.2, -0.15) is 5.10 Å². The predicted molar refractivity (Wildman–Crippen MR) is 126 cm³/mol. The molecule has 6 rings (SSSR count). The summed E-state index contributed by atoms with van der Waals surface area (Å²) in [5.41, 5.74) is 4.67. The smallest absolute Gasteiger partial charge is 0.322 e. The molecule has 3 aliphatic heterocycles. The van der Waals surface area contributed by atoms with Gasteiger partial charge < -0.3 is 10.2 Å². The molecule has 3 aliphatic rings. The van der Waals surface area contributed by atoms with Gasteiger partial charge in [0.1, 0.15) is 6.04 Å². The highest BCUT2D eigenvalue weighted by molar-refractivity contribution is 6.07.